The van der Waals surface area contributed by atoms with Crippen LogP contribution < -0.4 is 0 Å². The zero-order valence-corrected chi connectivity index (χ0v) is 22.1. The molecule has 3 aromatic heterocycles. The van der Waals surface area contributed by atoms with Gasteiger partial charge < -0.3 is 20.1 Å². The number of ether oxygens (including phenoxy) is 1. The highest BCUT2D eigenvalue weighted by atomic mass is 35.5. The number of thiazole rings is 1. The van der Waals surface area contributed by atoms with E-state index < -0.39 is 37.1 Å². The molecule has 4 heterocycles. The Morgan fingerprint density at radius 3 is 2.71 bits per heavy atom. The van der Waals surface area contributed by atoms with Crippen molar-refractivity contribution >= 4 is 44.8 Å². The molecule has 14 heteroatoms. The summed E-state index contributed by atoms with van der Waals surface area (Å²) in [5, 5.41) is 46.9. The number of fused-ring (bicyclic) bond motifs is 1. The number of halogens is 2. The number of aliphatic hydroxyl groups is 3. The maximum atomic E-state index is 11.5. The Labute approximate surface area is 229 Å². The van der Waals surface area contributed by atoms with Crippen LogP contribution in [-0.2, 0) is 4.74 Å². The third kappa shape index (κ3) is 4.37. The van der Waals surface area contributed by atoms with Crippen molar-refractivity contribution in [3.05, 3.63) is 69.8 Å². The maximum absolute atomic E-state index is 11.5. The molecule has 1 aliphatic heterocycles. The molecule has 1 aliphatic rings. The average molecular weight is 574 g/mol. The Morgan fingerprint density at radius 1 is 1.08 bits per heavy atom. The predicted octanol–water partition coefficient (Wildman–Crippen LogP) is 3.15. The Balaban J connectivity index is 1.36. The van der Waals surface area contributed by atoms with Crippen LogP contribution in [-0.4, -0.2) is 75.0 Å². The largest absolute Gasteiger partial charge is 0.394 e. The van der Waals surface area contributed by atoms with Gasteiger partial charge in [0.1, 0.15) is 42.5 Å². The second-order valence-electron chi connectivity index (χ2n) is 8.88. The Morgan fingerprint density at radius 2 is 1.92 bits per heavy atom. The second-order valence-corrected chi connectivity index (χ2v) is 10.9. The second kappa shape index (κ2) is 9.97. The van der Waals surface area contributed by atoms with Crippen molar-refractivity contribution in [2.24, 2.45) is 0 Å². The minimum atomic E-state index is -1.31. The highest BCUT2D eigenvalue weighted by Crippen LogP contribution is 2.39. The van der Waals surface area contributed by atoms with E-state index in [1.54, 1.807) is 40.4 Å². The monoisotopic (exact) mass is 573 g/mol. The molecule has 6 rings (SSSR count). The summed E-state index contributed by atoms with van der Waals surface area (Å²) in [5.41, 5.74) is 2.70. The van der Waals surface area contributed by atoms with Gasteiger partial charge in [0, 0.05) is 5.56 Å². The van der Waals surface area contributed by atoms with Crippen LogP contribution in [0.5, 0.6) is 0 Å². The van der Waals surface area contributed by atoms with Crippen molar-refractivity contribution in [2.45, 2.75) is 37.4 Å². The molecule has 3 N–H and O–H groups in total. The molecule has 196 valence electrons. The molecular weight excluding hydrogens is 553 g/mol. The molecule has 11 nitrogen and oxygen atoms in total. The van der Waals surface area contributed by atoms with Crippen LogP contribution in [0.4, 0.5) is 0 Å². The molecule has 5 aromatic rings. The molecule has 1 fully saturated rings. The quantitative estimate of drug-likeness (QED) is 0.288. The van der Waals surface area contributed by atoms with E-state index >= 15 is 0 Å². The van der Waals surface area contributed by atoms with Crippen molar-refractivity contribution in [2.75, 3.05) is 6.61 Å². The van der Waals surface area contributed by atoms with Gasteiger partial charge >= 0.3 is 0 Å². The van der Waals surface area contributed by atoms with Crippen LogP contribution in [0.25, 0.3) is 27.2 Å². The molecule has 2 aromatic carbocycles. The number of nitrogens with zero attached hydrogens (tertiary/aromatic N) is 7. The predicted molar refractivity (Wildman–Crippen MR) is 141 cm³/mol. The molecule has 0 amide bonds. The lowest BCUT2D eigenvalue weighted by molar-refractivity contribution is -0.210. The van der Waals surface area contributed by atoms with E-state index in [1.165, 1.54) is 11.0 Å². The highest BCUT2D eigenvalue weighted by Gasteiger charge is 2.48. The Kier molecular flexibility index (Phi) is 6.64. The number of hydrogen-bond donors (Lipinski definition) is 3. The lowest BCUT2D eigenvalue weighted by Gasteiger charge is -2.41. The van der Waals surface area contributed by atoms with Gasteiger partial charge in [0.2, 0.25) is 0 Å². The number of aryl methyl sites for hydroxylation is 1. The number of hydrogen-bond acceptors (Lipinski definition) is 10. The molecule has 5 atom stereocenters. The molecule has 0 saturated carbocycles. The summed E-state index contributed by atoms with van der Waals surface area (Å²) in [7, 11) is 0. The summed E-state index contributed by atoms with van der Waals surface area (Å²) >= 11 is 13.7. The third-order valence-electron chi connectivity index (χ3n) is 6.48. The summed E-state index contributed by atoms with van der Waals surface area (Å²) in [4.78, 5) is 8.85. The fourth-order valence-electron chi connectivity index (χ4n) is 4.64. The van der Waals surface area contributed by atoms with Gasteiger partial charge in [-0.3, -0.25) is 0 Å². The van der Waals surface area contributed by atoms with Crippen molar-refractivity contribution < 1.29 is 20.1 Å². The first-order valence-electron chi connectivity index (χ1n) is 11.6. The molecule has 1 saturated heterocycles. The summed E-state index contributed by atoms with van der Waals surface area (Å²) in [6, 6.07) is 9.70. The topological polar surface area (TPSA) is 144 Å². The first-order chi connectivity index (χ1) is 18.3. The number of aromatic nitrogens is 7. The van der Waals surface area contributed by atoms with E-state index in [0.29, 0.717) is 32.8 Å². The normalized spacial score (nSPS) is 23.8. The zero-order valence-electron chi connectivity index (χ0n) is 19.8. The zero-order chi connectivity index (χ0) is 26.6. The van der Waals surface area contributed by atoms with Crippen LogP contribution in [0.3, 0.4) is 0 Å². The Bertz CT molecular complexity index is 1620. The van der Waals surface area contributed by atoms with Gasteiger partial charge in [-0.1, -0.05) is 34.5 Å². The summed E-state index contributed by atoms with van der Waals surface area (Å²) in [6.07, 6.45) is -1.73. The van der Waals surface area contributed by atoms with E-state index in [9.17, 15) is 15.3 Å². The van der Waals surface area contributed by atoms with Crippen molar-refractivity contribution in [3.63, 3.8) is 0 Å². The van der Waals surface area contributed by atoms with Crippen LogP contribution in [0, 0.1) is 6.92 Å². The highest BCUT2D eigenvalue weighted by molar-refractivity contribution is 7.18. The van der Waals surface area contributed by atoms with E-state index in [4.69, 9.17) is 27.9 Å². The average Bonchev–Trinajstić information content (AvgIpc) is 3.65. The first kappa shape index (κ1) is 25.3. The number of rotatable bonds is 5. The summed E-state index contributed by atoms with van der Waals surface area (Å²) in [6.45, 7) is 1.45. The molecular formula is C24H21Cl2N7O4S. The van der Waals surface area contributed by atoms with E-state index in [-0.39, 0.29) is 0 Å². The third-order valence-corrected chi connectivity index (χ3v) is 8.15. The minimum Gasteiger partial charge on any atom is -0.394 e. The van der Waals surface area contributed by atoms with Gasteiger partial charge in [-0.2, -0.15) is 5.10 Å². The summed E-state index contributed by atoms with van der Waals surface area (Å²) in [5.74, 6) is 0.304. The lowest BCUT2D eigenvalue weighted by Crippen LogP contribution is -2.53. The SMILES string of the molecule is Cc1nc2ccc(-n3ncnc3[C@@H]3O[C@H](CO)[C@H](O)[C@H](n4cc(-c5ccc(Cl)c(Cl)c5)nn4)[C@H]3O)cc2s1. The minimum absolute atomic E-state index is 0.304. The molecule has 0 spiro atoms. The Hall–Kier alpha value is -2.97. The van der Waals surface area contributed by atoms with Gasteiger partial charge in [-0.15, -0.1) is 16.4 Å². The fourth-order valence-corrected chi connectivity index (χ4v) is 5.80. The van der Waals surface area contributed by atoms with Gasteiger partial charge in [0.05, 0.1) is 43.8 Å². The fraction of sp³-hybridized carbons (Fsp3) is 0.292. The van der Waals surface area contributed by atoms with Crippen LogP contribution >= 0.6 is 34.5 Å². The molecule has 0 bridgehead atoms. The number of benzene rings is 2. The molecule has 0 aliphatic carbocycles. The van der Waals surface area contributed by atoms with Gasteiger partial charge in [0.25, 0.3) is 0 Å². The van der Waals surface area contributed by atoms with Crippen molar-refractivity contribution in [1.29, 1.82) is 0 Å². The van der Waals surface area contributed by atoms with E-state index in [1.807, 2.05) is 25.1 Å². The summed E-state index contributed by atoms with van der Waals surface area (Å²) < 4.78 is 9.85. The maximum Gasteiger partial charge on any atom is 0.163 e. The van der Waals surface area contributed by atoms with Crippen molar-refractivity contribution in [1.82, 2.24) is 34.7 Å². The molecule has 0 radical (unpaired) electrons. The van der Waals surface area contributed by atoms with Gasteiger partial charge in [-0.25, -0.2) is 19.3 Å². The number of aliphatic hydroxyl groups excluding tert-OH is 3. The van der Waals surface area contributed by atoms with Crippen molar-refractivity contribution in [3.8, 4) is 16.9 Å². The first-order valence-corrected chi connectivity index (χ1v) is 13.2. The van der Waals surface area contributed by atoms with Crippen LogP contribution in [0.1, 0.15) is 23.0 Å². The smallest absolute Gasteiger partial charge is 0.163 e. The standard InChI is InChI=1S/C24H21Cl2N7O4S/c1-11-29-16-5-3-13(7-19(16)38-11)33-24(27-10-28-33)23-22(36)20(21(35)18(9-34)37-23)32-8-17(30-31-32)12-2-4-14(25)15(26)6-12/h2-8,10,18,20-23,34-36H,9H2,1H3/t18-,20+,21+,22-,23-/m1/s1. The van der Waals surface area contributed by atoms with Crippen LogP contribution in [0.15, 0.2) is 48.9 Å². The van der Waals surface area contributed by atoms with Gasteiger partial charge in [-0.05, 0) is 37.3 Å². The van der Waals surface area contributed by atoms with Crippen LogP contribution in [0.2, 0.25) is 10.0 Å². The van der Waals surface area contributed by atoms with E-state index in [2.05, 4.69) is 25.4 Å². The van der Waals surface area contributed by atoms with E-state index in [0.717, 1.165) is 15.2 Å². The molecule has 0 unspecified atom stereocenters. The lowest BCUT2D eigenvalue weighted by atomic mass is 9.92. The van der Waals surface area contributed by atoms with Gasteiger partial charge in [0.15, 0.2) is 5.82 Å². The molecule has 38 heavy (non-hydrogen) atoms.